The Labute approximate surface area is 174 Å². The Morgan fingerprint density at radius 1 is 1.00 bits per heavy atom. The van der Waals surface area contributed by atoms with Gasteiger partial charge in [0.2, 0.25) is 0 Å². The van der Waals surface area contributed by atoms with E-state index in [0.29, 0.717) is 24.7 Å². The van der Waals surface area contributed by atoms with E-state index in [1.165, 1.54) is 0 Å². The Bertz CT molecular complexity index is 1200. The van der Waals surface area contributed by atoms with Gasteiger partial charge in [-0.2, -0.15) is 5.10 Å². The van der Waals surface area contributed by atoms with Crippen LogP contribution in [-0.4, -0.2) is 51.8 Å². The van der Waals surface area contributed by atoms with Crippen LogP contribution in [0.15, 0.2) is 59.1 Å². The number of oxazole rings is 1. The van der Waals surface area contributed by atoms with Crippen LogP contribution in [0.3, 0.4) is 0 Å². The Morgan fingerprint density at radius 3 is 2.43 bits per heavy atom. The highest BCUT2D eigenvalue weighted by Gasteiger charge is 2.26. The highest BCUT2D eigenvalue weighted by atomic mass is 16.4. The van der Waals surface area contributed by atoms with Gasteiger partial charge in [0.05, 0.1) is 11.7 Å². The van der Waals surface area contributed by atoms with E-state index < -0.39 is 0 Å². The average Bonchev–Trinajstić information content (AvgIpc) is 3.37. The minimum Gasteiger partial charge on any atom is -0.441 e. The van der Waals surface area contributed by atoms with Crippen molar-refractivity contribution in [3.63, 3.8) is 0 Å². The number of rotatable bonds is 3. The number of carbonyl (C=O) groups is 1. The summed E-state index contributed by atoms with van der Waals surface area (Å²) in [5, 5.41) is 5.39. The quantitative estimate of drug-likeness (QED) is 0.526. The third-order valence-corrected chi connectivity index (χ3v) is 5.67. The number of nitrogens with zero attached hydrogens (tertiary/aromatic N) is 5. The fourth-order valence-electron chi connectivity index (χ4n) is 4.02. The number of hydrogen-bond acceptors (Lipinski definition) is 5. The largest absolute Gasteiger partial charge is 0.441 e. The SMILES string of the molecule is Cc1ncc(-c2ccc(N3CCN(C(=O)c4nn(C)c5ccccc45)CC3)cc2)o1. The summed E-state index contributed by atoms with van der Waals surface area (Å²) in [6.45, 7) is 4.76. The predicted octanol–water partition coefficient (Wildman–Crippen LogP) is 3.50. The van der Waals surface area contributed by atoms with Crippen LogP contribution in [0.25, 0.3) is 22.2 Å². The van der Waals surface area contributed by atoms with Gasteiger partial charge in [-0.05, 0) is 30.3 Å². The van der Waals surface area contributed by atoms with Crippen LogP contribution < -0.4 is 4.90 Å². The normalized spacial score (nSPS) is 14.5. The molecule has 2 aromatic carbocycles. The van der Waals surface area contributed by atoms with Crippen LogP contribution in [0.5, 0.6) is 0 Å². The molecule has 5 rings (SSSR count). The van der Waals surface area contributed by atoms with Gasteiger partial charge in [-0.15, -0.1) is 0 Å². The van der Waals surface area contributed by atoms with Gasteiger partial charge in [0.25, 0.3) is 5.91 Å². The number of fused-ring (bicyclic) bond motifs is 1. The summed E-state index contributed by atoms with van der Waals surface area (Å²) in [7, 11) is 1.88. The molecule has 0 N–H and O–H groups in total. The van der Waals surface area contributed by atoms with Gasteiger partial charge >= 0.3 is 0 Å². The Hall–Kier alpha value is -3.61. The van der Waals surface area contributed by atoms with Gasteiger partial charge in [0.1, 0.15) is 0 Å². The third kappa shape index (κ3) is 3.22. The molecule has 7 nitrogen and oxygen atoms in total. The summed E-state index contributed by atoms with van der Waals surface area (Å²) in [6.07, 6.45) is 1.75. The number of amides is 1. The van der Waals surface area contributed by atoms with Crippen LogP contribution >= 0.6 is 0 Å². The molecule has 1 aliphatic heterocycles. The second-order valence-corrected chi connectivity index (χ2v) is 7.56. The van der Waals surface area contributed by atoms with Gasteiger partial charge in [-0.25, -0.2) is 4.98 Å². The van der Waals surface area contributed by atoms with Crippen molar-refractivity contribution in [1.82, 2.24) is 19.7 Å². The molecule has 1 aliphatic rings. The lowest BCUT2D eigenvalue weighted by molar-refractivity contribution is 0.0742. The van der Waals surface area contributed by atoms with E-state index >= 15 is 0 Å². The Morgan fingerprint density at radius 2 is 1.73 bits per heavy atom. The molecule has 0 bridgehead atoms. The summed E-state index contributed by atoms with van der Waals surface area (Å²) >= 11 is 0. The molecule has 3 heterocycles. The van der Waals surface area contributed by atoms with Gasteiger partial charge in [-0.3, -0.25) is 9.48 Å². The van der Waals surface area contributed by atoms with Crippen LogP contribution in [0.2, 0.25) is 0 Å². The summed E-state index contributed by atoms with van der Waals surface area (Å²) in [6, 6.07) is 16.1. The smallest absolute Gasteiger partial charge is 0.275 e. The van der Waals surface area contributed by atoms with Crippen molar-refractivity contribution in [2.75, 3.05) is 31.1 Å². The topological polar surface area (TPSA) is 67.4 Å². The lowest BCUT2D eigenvalue weighted by Gasteiger charge is -2.36. The second kappa shape index (κ2) is 7.33. The number of carbonyl (C=O) groups excluding carboxylic acids is 1. The first-order valence-electron chi connectivity index (χ1n) is 10.1. The summed E-state index contributed by atoms with van der Waals surface area (Å²) < 4.78 is 7.37. The molecule has 0 radical (unpaired) electrons. The van der Waals surface area contributed by atoms with Crippen molar-refractivity contribution >= 4 is 22.5 Å². The zero-order valence-corrected chi connectivity index (χ0v) is 17.1. The summed E-state index contributed by atoms with van der Waals surface area (Å²) in [5.74, 6) is 1.44. The third-order valence-electron chi connectivity index (χ3n) is 5.67. The minimum atomic E-state index is 0.00230. The Kier molecular flexibility index (Phi) is 4.50. The van der Waals surface area contributed by atoms with Gasteiger partial charge < -0.3 is 14.2 Å². The molecule has 2 aromatic heterocycles. The number of piperazine rings is 1. The molecular formula is C23H23N5O2. The molecule has 7 heteroatoms. The summed E-state index contributed by atoms with van der Waals surface area (Å²) in [4.78, 5) is 21.4. The maximum absolute atomic E-state index is 13.1. The van der Waals surface area contributed by atoms with Crippen molar-refractivity contribution in [3.8, 4) is 11.3 Å². The molecule has 1 amide bonds. The molecule has 1 fully saturated rings. The van der Waals surface area contributed by atoms with Crippen molar-refractivity contribution in [2.24, 2.45) is 7.05 Å². The van der Waals surface area contributed by atoms with Crippen LogP contribution in [0.4, 0.5) is 5.69 Å². The van der Waals surface area contributed by atoms with Crippen molar-refractivity contribution in [1.29, 1.82) is 0 Å². The van der Waals surface area contributed by atoms with Crippen LogP contribution in [-0.2, 0) is 7.05 Å². The number of aryl methyl sites for hydroxylation is 2. The molecule has 152 valence electrons. The highest BCUT2D eigenvalue weighted by Crippen LogP contribution is 2.25. The standard InChI is InChI=1S/C23H23N5O2/c1-16-24-15-21(30-16)17-7-9-18(10-8-17)27-11-13-28(14-12-27)23(29)22-19-5-3-4-6-20(19)26(2)25-22/h3-10,15H,11-14H2,1-2H3. The van der Waals surface area contributed by atoms with Gasteiger partial charge in [-0.1, -0.05) is 18.2 Å². The van der Waals surface area contributed by atoms with E-state index in [1.807, 2.05) is 55.3 Å². The molecule has 0 aliphatic carbocycles. The van der Waals surface area contributed by atoms with Crippen LogP contribution in [0, 0.1) is 6.92 Å². The highest BCUT2D eigenvalue weighted by molar-refractivity contribution is 6.04. The second-order valence-electron chi connectivity index (χ2n) is 7.56. The zero-order valence-electron chi connectivity index (χ0n) is 17.1. The van der Waals surface area contributed by atoms with E-state index in [9.17, 15) is 4.79 Å². The maximum atomic E-state index is 13.1. The van der Waals surface area contributed by atoms with E-state index in [1.54, 1.807) is 10.9 Å². The minimum absolute atomic E-state index is 0.00230. The maximum Gasteiger partial charge on any atom is 0.275 e. The Balaban J connectivity index is 1.27. The number of hydrogen-bond donors (Lipinski definition) is 0. The molecule has 0 saturated carbocycles. The van der Waals surface area contributed by atoms with Crippen molar-refractivity contribution < 1.29 is 9.21 Å². The molecule has 0 atom stereocenters. The molecule has 0 spiro atoms. The van der Waals surface area contributed by atoms with Crippen LogP contribution in [0.1, 0.15) is 16.4 Å². The average molecular weight is 401 g/mol. The van der Waals surface area contributed by atoms with Crippen molar-refractivity contribution in [2.45, 2.75) is 6.92 Å². The first kappa shape index (κ1) is 18.4. The van der Waals surface area contributed by atoms with Gasteiger partial charge in [0, 0.05) is 56.8 Å². The van der Waals surface area contributed by atoms with E-state index in [-0.39, 0.29) is 5.91 Å². The first-order chi connectivity index (χ1) is 14.6. The number of para-hydroxylation sites is 1. The van der Waals surface area contributed by atoms with E-state index in [0.717, 1.165) is 41.0 Å². The van der Waals surface area contributed by atoms with Crippen molar-refractivity contribution in [3.05, 3.63) is 66.3 Å². The van der Waals surface area contributed by atoms with E-state index in [4.69, 9.17) is 4.42 Å². The van der Waals surface area contributed by atoms with E-state index in [2.05, 4.69) is 27.1 Å². The first-order valence-corrected chi connectivity index (χ1v) is 10.1. The summed E-state index contributed by atoms with van der Waals surface area (Å²) in [5.41, 5.74) is 3.66. The predicted molar refractivity (Wildman–Crippen MR) is 116 cm³/mol. The molecule has 0 unspecified atom stereocenters. The van der Waals surface area contributed by atoms with Gasteiger partial charge in [0.15, 0.2) is 17.3 Å². The fourth-order valence-corrected chi connectivity index (χ4v) is 4.02. The monoisotopic (exact) mass is 401 g/mol. The molecule has 1 saturated heterocycles. The lowest BCUT2D eigenvalue weighted by atomic mass is 10.1. The molecule has 4 aromatic rings. The number of aromatic nitrogens is 3. The lowest BCUT2D eigenvalue weighted by Crippen LogP contribution is -2.49. The number of anilines is 1. The molecular weight excluding hydrogens is 378 g/mol. The number of benzene rings is 2. The molecule has 30 heavy (non-hydrogen) atoms. The zero-order chi connectivity index (χ0) is 20.7. The fraction of sp³-hybridized carbons (Fsp3) is 0.261.